The first kappa shape index (κ1) is 31.6. The molecule has 1 aliphatic heterocycles. The van der Waals surface area contributed by atoms with Crippen LogP contribution in [0.3, 0.4) is 0 Å². The van der Waals surface area contributed by atoms with Gasteiger partial charge in [-0.3, -0.25) is 0 Å². The topological polar surface area (TPSA) is 49.8 Å². The number of carbonyl (C=O) groups is 1. The van der Waals surface area contributed by atoms with Crippen LogP contribution in [0.15, 0.2) is 36.4 Å². The summed E-state index contributed by atoms with van der Waals surface area (Å²) in [6.07, 6.45) is 4.68. The number of rotatable bonds is 9. The fourth-order valence-electron chi connectivity index (χ4n) is 4.80. The molecule has 0 saturated carbocycles. The Balaban J connectivity index is 0.000000982. The SMILES string of the molecule is CC.CCC=O.CCc1cccc(C2CN(CCCOc3ccc(F)cc3O)CCC2C)c1C(C)C. The highest BCUT2D eigenvalue weighted by atomic mass is 19.1. The zero-order chi connectivity index (χ0) is 27.1. The van der Waals surface area contributed by atoms with Crippen LogP contribution in [-0.4, -0.2) is 42.5 Å². The van der Waals surface area contributed by atoms with Crippen LogP contribution in [0.4, 0.5) is 4.39 Å². The number of phenols is 1. The molecule has 2 unspecified atom stereocenters. The number of halogens is 1. The minimum Gasteiger partial charge on any atom is -0.504 e. The minimum absolute atomic E-state index is 0.140. The summed E-state index contributed by atoms with van der Waals surface area (Å²) in [5, 5.41) is 9.77. The van der Waals surface area contributed by atoms with Crippen molar-refractivity contribution < 1.29 is 19.0 Å². The van der Waals surface area contributed by atoms with E-state index in [1.165, 1.54) is 29.7 Å². The molecule has 0 bridgehead atoms. The molecule has 1 heterocycles. The van der Waals surface area contributed by atoms with Gasteiger partial charge in [-0.25, -0.2) is 4.39 Å². The van der Waals surface area contributed by atoms with Crippen molar-refractivity contribution >= 4 is 6.29 Å². The van der Waals surface area contributed by atoms with E-state index < -0.39 is 5.82 Å². The predicted octanol–water partition coefficient (Wildman–Crippen LogP) is 7.73. The van der Waals surface area contributed by atoms with Crippen LogP contribution in [0, 0.1) is 11.7 Å². The predicted molar refractivity (Wildman–Crippen MR) is 149 cm³/mol. The highest BCUT2D eigenvalue weighted by Crippen LogP contribution is 2.38. The quantitative estimate of drug-likeness (QED) is 0.282. The van der Waals surface area contributed by atoms with E-state index >= 15 is 0 Å². The molecule has 1 aliphatic rings. The Morgan fingerprint density at radius 2 is 1.89 bits per heavy atom. The second-order valence-electron chi connectivity index (χ2n) is 9.49. The lowest BCUT2D eigenvalue weighted by molar-refractivity contribution is -0.107. The lowest BCUT2D eigenvalue weighted by Crippen LogP contribution is -2.39. The molecule has 36 heavy (non-hydrogen) atoms. The molecule has 2 aromatic rings. The third-order valence-corrected chi connectivity index (χ3v) is 6.59. The smallest absolute Gasteiger partial charge is 0.161 e. The molecule has 3 rings (SSSR count). The molecular formula is C31H48FNO3. The highest BCUT2D eigenvalue weighted by molar-refractivity contribution is 5.48. The number of piperidine rings is 1. The number of likely N-dealkylation sites (tertiary alicyclic amines) is 1. The first-order chi connectivity index (χ1) is 17.3. The molecule has 0 aromatic heterocycles. The van der Waals surface area contributed by atoms with Gasteiger partial charge < -0.3 is 19.5 Å². The van der Waals surface area contributed by atoms with Crippen LogP contribution in [-0.2, 0) is 11.2 Å². The second kappa shape index (κ2) is 17.1. The molecule has 5 heteroatoms. The van der Waals surface area contributed by atoms with Gasteiger partial charge in [-0.1, -0.05) is 66.7 Å². The van der Waals surface area contributed by atoms with E-state index in [2.05, 4.69) is 50.8 Å². The molecule has 0 amide bonds. The number of aromatic hydroxyl groups is 1. The van der Waals surface area contributed by atoms with Crippen LogP contribution in [0.1, 0.15) is 96.3 Å². The molecule has 4 nitrogen and oxygen atoms in total. The molecule has 2 atom stereocenters. The van der Waals surface area contributed by atoms with E-state index in [0.29, 0.717) is 36.5 Å². The van der Waals surface area contributed by atoms with Crippen molar-refractivity contribution in [1.82, 2.24) is 4.90 Å². The normalized spacial score (nSPS) is 17.5. The van der Waals surface area contributed by atoms with Crippen molar-refractivity contribution in [2.45, 2.75) is 86.0 Å². The molecule has 0 spiro atoms. The molecule has 1 N–H and O–H groups in total. The number of carbonyl (C=O) groups excluding carboxylic acids is 1. The fourth-order valence-corrected chi connectivity index (χ4v) is 4.80. The first-order valence-corrected chi connectivity index (χ1v) is 13.7. The number of hydrogen-bond acceptors (Lipinski definition) is 4. The van der Waals surface area contributed by atoms with Gasteiger partial charge in [-0.05, 0) is 72.4 Å². The maximum absolute atomic E-state index is 13.1. The van der Waals surface area contributed by atoms with Crippen LogP contribution in [0.5, 0.6) is 11.5 Å². The van der Waals surface area contributed by atoms with Gasteiger partial charge in [-0.15, -0.1) is 0 Å². The molecule has 202 valence electrons. The van der Waals surface area contributed by atoms with E-state index in [1.807, 2.05) is 20.8 Å². The van der Waals surface area contributed by atoms with Gasteiger partial charge in [-0.2, -0.15) is 0 Å². The van der Waals surface area contributed by atoms with Crippen LogP contribution in [0.25, 0.3) is 0 Å². The maximum atomic E-state index is 13.1. The fraction of sp³-hybridized carbons (Fsp3) is 0.581. The molecule has 0 aliphatic carbocycles. The van der Waals surface area contributed by atoms with Gasteiger partial charge in [0.1, 0.15) is 12.1 Å². The van der Waals surface area contributed by atoms with Crippen molar-refractivity contribution in [3.63, 3.8) is 0 Å². The standard InChI is InChI=1S/C26H36FNO2.C3H6O.C2H6/c1-5-20-8-6-9-22(26(20)18(2)3)23-17-28(14-12-19(23)4)13-7-15-30-25-11-10-21(27)16-24(25)29;1-2-3-4;1-2/h6,8-11,16,18-19,23,29H,5,7,12-15,17H2,1-4H3;3H,2H2,1H3;1-2H3. The third kappa shape index (κ3) is 9.57. The van der Waals surface area contributed by atoms with E-state index in [0.717, 1.165) is 44.8 Å². The molecule has 1 saturated heterocycles. The Bertz CT molecular complexity index is 899. The zero-order valence-corrected chi connectivity index (χ0v) is 23.5. The summed E-state index contributed by atoms with van der Waals surface area (Å²) in [6, 6.07) is 10.7. The lowest BCUT2D eigenvalue weighted by Gasteiger charge is -2.39. The van der Waals surface area contributed by atoms with Crippen molar-refractivity contribution in [3.05, 3.63) is 58.9 Å². The van der Waals surface area contributed by atoms with E-state index in [4.69, 9.17) is 4.74 Å². The summed E-state index contributed by atoms with van der Waals surface area (Å²) in [5.74, 6) is 1.53. The summed E-state index contributed by atoms with van der Waals surface area (Å²) in [7, 11) is 0. The number of aryl methyl sites for hydroxylation is 1. The molecular weight excluding hydrogens is 453 g/mol. The molecule has 0 radical (unpaired) electrons. The number of ether oxygens (including phenoxy) is 1. The van der Waals surface area contributed by atoms with E-state index in [-0.39, 0.29) is 5.75 Å². The summed E-state index contributed by atoms with van der Waals surface area (Å²) in [5.41, 5.74) is 4.57. The largest absolute Gasteiger partial charge is 0.504 e. The Labute approximate surface area is 218 Å². The first-order valence-electron chi connectivity index (χ1n) is 13.7. The number of hydrogen-bond donors (Lipinski definition) is 1. The molecule has 2 aromatic carbocycles. The van der Waals surface area contributed by atoms with Gasteiger partial charge >= 0.3 is 0 Å². The summed E-state index contributed by atoms with van der Waals surface area (Å²) in [6.45, 7) is 18.8. The van der Waals surface area contributed by atoms with E-state index in [1.54, 1.807) is 5.56 Å². The van der Waals surface area contributed by atoms with Crippen molar-refractivity contribution in [1.29, 1.82) is 0 Å². The van der Waals surface area contributed by atoms with E-state index in [9.17, 15) is 14.3 Å². The number of phenolic OH excluding ortho intramolecular Hbond substituents is 1. The van der Waals surface area contributed by atoms with Crippen LogP contribution >= 0.6 is 0 Å². The summed E-state index contributed by atoms with van der Waals surface area (Å²) < 4.78 is 18.7. The minimum atomic E-state index is -0.457. The van der Waals surface area contributed by atoms with Crippen molar-refractivity contribution in [2.24, 2.45) is 5.92 Å². The van der Waals surface area contributed by atoms with Gasteiger partial charge in [0, 0.05) is 25.6 Å². The number of nitrogens with zero attached hydrogens (tertiary/aromatic N) is 1. The Kier molecular flexibility index (Phi) is 15.0. The summed E-state index contributed by atoms with van der Waals surface area (Å²) in [4.78, 5) is 11.7. The second-order valence-corrected chi connectivity index (χ2v) is 9.49. The maximum Gasteiger partial charge on any atom is 0.161 e. The highest BCUT2D eigenvalue weighted by Gasteiger charge is 2.29. The monoisotopic (exact) mass is 501 g/mol. The number of aldehydes is 1. The Morgan fingerprint density at radius 3 is 2.47 bits per heavy atom. The average molecular weight is 502 g/mol. The van der Waals surface area contributed by atoms with Gasteiger partial charge in [0.15, 0.2) is 11.5 Å². The Morgan fingerprint density at radius 1 is 1.19 bits per heavy atom. The zero-order valence-electron chi connectivity index (χ0n) is 23.5. The van der Waals surface area contributed by atoms with Gasteiger partial charge in [0.25, 0.3) is 0 Å². The van der Waals surface area contributed by atoms with Crippen molar-refractivity contribution in [2.75, 3.05) is 26.2 Å². The van der Waals surface area contributed by atoms with Gasteiger partial charge in [0.2, 0.25) is 0 Å². The number of benzene rings is 2. The van der Waals surface area contributed by atoms with Gasteiger partial charge in [0.05, 0.1) is 6.61 Å². The summed E-state index contributed by atoms with van der Waals surface area (Å²) >= 11 is 0. The Hall–Kier alpha value is -2.40. The molecule has 1 fully saturated rings. The van der Waals surface area contributed by atoms with Crippen LogP contribution in [0.2, 0.25) is 0 Å². The third-order valence-electron chi connectivity index (χ3n) is 6.59. The van der Waals surface area contributed by atoms with Crippen molar-refractivity contribution in [3.8, 4) is 11.5 Å². The van der Waals surface area contributed by atoms with Crippen LogP contribution < -0.4 is 4.74 Å². The lowest BCUT2D eigenvalue weighted by atomic mass is 9.76. The average Bonchev–Trinajstić information content (AvgIpc) is 2.89.